The molecular weight excluding hydrogens is 170 g/mol. The molecule has 0 aliphatic rings. The first-order valence-corrected chi connectivity index (χ1v) is 4.18. The van der Waals surface area contributed by atoms with Crippen LogP contribution in [0.25, 0.3) is 0 Å². The minimum absolute atomic E-state index is 0.322. The summed E-state index contributed by atoms with van der Waals surface area (Å²) in [7, 11) is 0. The second-order valence-electron chi connectivity index (χ2n) is 2.93. The monoisotopic (exact) mass is 185 g/mol. The van der Waals surface area contributed by atoms with Crippen LogP contribution < -0.4 is 5.32 Å². The van der Waals surface area contributed by atoms with Crippen LogP contribution in [0, 0.1) is 0 Å². The Morgan fingerprint density at radius 2 is 2.08 bits per heavy atom. The number of carbonyl (C=O) groups excluding carboxylic acids is 1. The number of carboxylic acid groups (broad SMARTS) is 1. The van der Waals surface area contributed by atoms with Gasteiger partial charge in [-0.2, -0.15) is 0 Å². The third kappa shape index (κ3) is 4.30. The lowest BCUT2D eigenvalue weighted by molar-refractivity contribution is -0.141. The predicted molar refractivity (Wildman–Crippen MR) is 49.3 cm³/mol. The van der Waals surface area contributed by atoms with Gasteiger partial charge >= 0.3 is 5.97 Å². The van der Waals surface area contributed by atoms with Gasteiger partial charge < -0.3 is 10.4 Å². The standard InChI is InChI=1S/C9H15NO3/c1-4-5-7(9(12)13)10-8(11)6(2)3/h7H,2,4-5H2,1,3H3,(H,10,11)(H,12,13). The molecule has 1 unspecified atom stereocenters. The highest BCUT2D eigenvalue weighted by Crippen LogP contribution is 1.98. The number of hydrogen-bond donors (Lipinski definition) is 2. The summed E-state index contributed by atoms with van der Waals surface area (Å²) in [5, 5.41) is 11.1. The summed E-state index contributed by atoms with van der Waals surface area (Å²) in [5.41, 5.74) is 0.322. The number of aliphatic carboxylic acids is 1. The highest BCUT2D eigenvalue weighted by molar-refractivity contribution is 5.94. The largest absolute Gasteiger partial charge is 0.480 e. The topological polar surface area (TPSA) is 66.4 Å². The van der Waals surface area contributed by atoms with Crippen molar-refractivity contribution in [3.8, 4) is 0 Å². The Kier molecular flexibility index (Phi) is 4.80. The SMILES string of the molecule is C=C(C)C(=O)NC(CCC)C(=O)O. The molecular formula is C9H15NO3. The second kappa shape index (κ2) is 5.35. The highest BCUT2D eigenvalue weighted by atomic mass is 16.4. The summed E-state index contributed by atoms with van der Waals surface area (Å²) >= 11 is 0. The molecule has 0 saturated carbocycles. The van der Waals surface area contributed by atoms with Gasteiger partial charge in [0.2, 0.25) is 5.91 Å². The molecule has 13 heavy (non-hydrogen) atoms. The average Bonchev–Trinajstić information content (AvgIpc) is 2.03. The number of nitrogens with one attached hydrogen (secondary N) is 1. The molecule has 0 rings (SSSR count). The van der Waals surface area contributed by atoms with Crippen molar-refractivity contribution in [1.82, 2.24) is 5.32 Å². The van der Waals surface area contributed by atoms with Crippen molar-refractivity contribution in [2.45, 2.75) is 32.7 Å². The molecule has 0 aromatic rings. The first kappa shape index (κ1) is 11.7. The van der Waals surface area contributed by atoms with Gasteiger partial charge in [0.15, 0.2) is 0 Å². The molecule has 0 aliphatic heterocycles. The lowest BCUT2D eigenvalue weighted by atomic mass is 10.1. The number of carbonyl (C=O) groups is 2. The summed E-state index contributed by atoms with van der Waals surface area (Å²) < 4.78 is 0. The van der Waals surface area contributed by atoms with E-state index >= 15 is 0 Å². The van der Waals surface area contributed by atoms with Crippen LogP contribution in [-0.2, 0) is 9.59 Å². The molecule has 0 aromatic carbocycles. The smallest absolute Gasteiger partial charge is 0.326 e. The van der Waals surface area contributed by atoms with Crippen LogP contribution in [0.15, 0.2) is 12.2 Å². The molecule has 0 saturated heterocycles. The third-order valence-electron chi connectivity index (χ3n) is 1.57. The van der Waals surface area contributed by atoms with Crippen molar-refractivity contribution < 1.29 is 14.7 Å². The molecule has 0 bridgehead atoms. The fourth-order valence-electron chi connectivity index (χ4n) is 0.828. The van der Waals surface area contributed by atoms with Crippen LogP contribution in [-0.4, -0.2) is 23.0 Å². The minimum atomic E-state index is -1.00. The molecule has 4 heteroatoms. The molecule has 0 radical (unpaired) electrons. The lowest BCUT2D eigenvalue weighted by Crippen LogP contribution is -2.40. The molecule has 74 valence electrons. The van der Waals surface area contributed by atoms with Crippen LogP contribution in [0.5, 0.6) is 0 Å². The van der Waals surface area contributed by atoms with E-state index in [4.69, 9.17) is 5.11 Å². The van der Waals surface area contributed by atoms with Gasteiger partial charge in [-0.1, -0.05) is 19.9 Å². The normalized spacial score (nSPS) is 11.8. The summed E-state index contributed by atoms with van der Waals surface area (Å²) in [6, 6.07) is -0.797. The van der Waals surface area contributed by atoms with Crippen LogP contribution in [0.2, 0.25) is 0 Å². The fraction of sp³-hybridized carbons (Fsp3) is 0.556. The van der Waals surface area contributed by atoms with Crippen LogP contribution in [0.3, 0.4) is 0 Å². The molecule has 0 heterocycles. The Hall–Kier alpha value is -1.32. The molecule has 2 N–H and O–H groups in total. The van der Waals surface area contributed by atoms with Crippen molar-refractivity contribution in [2.75, 3.05) is 0 Å². The van der Waals surface area contributed by atoms with Crippen molar-refractivity contribution in [2.24, 2.45) is 0 Å². The van der Waals surface area contributed by atoms with E-state index in [2.05, 4.69) is 11.9 Å². The number of carboxylic acids is 1. The maximum Gasteiger partial charge on any atom is 0.326 e. The molecule has 0 fully saturated rings. The van der Waals surface area contributed by atoms with Crippen LogP contribution in [0.4, 0.5) is 0 Å². The molecule has 0 aliphatic carbocycles. The van der Waals surface area contributed by atoms with Crippen LogP contribution >= 0.6 is 0 Å². The maximum absolute atomic E-state index is 11.1. The quantitative estimate of drug-likeness (QED) is 0.626. The van der Waals surface area contributed by atoms with Gasteiger partial charge in [-0.15, -0.1) is 0 Å². The molecule has 4 nitrogen and oxygen atoms in total. The lowest BCUT2D eigenvalue weighted by Gasteiger charge is -2.12. The Bertz CT molecular complexity index is 223. The predicted octanol–water partition coefficient (Wildman–Crippen LogP) is 0.932. The van der Waals surface area contributed by atoms with E-state index in [1.165, 1.54) is 0 Å². The van der Waals surface area contributed by atoms with E-state index in [9.17, 15) is 9.59 Å². The van der Waals surface area contributed by atoms with Crippen molar-refractivity contribution in [3.05, 3.63) is 12.2 Å². The van der Waals surface area contributed by atoms with Gasteiger partial charge in [-0.25, -0.2) is 4.79 Å². The van der Waals surface area contributed by atoms with E-state index in [0.29, 0.717) is 18.4 Å². The van der Waals surface area contributed by atoms with Gasteiger partial charge in [0.1, 0.15) is 6.04 Å². The van der Waals surface area contributed by atoms with Gasteiger partial charge in [0, 0.05) is 5.57 Å². The summed E-state index contributed by atoms with van der Waals surface area (Å²) in [4.78, 5) is 21.7. The zero-order valence-electron chi connectivity index (χ0n) is 7.96. The van der Waals surface area contributed by atoms with Crippen molar-refractivity contribution in [1.29, 1.82) is 0 Å². The number of rotatable bonds is 5. The Labute approximate surface area is 77.6 Å². The summed E-state index contributed by atoms with van der Waals surface area (Å²) in [5.74, 6) is -1.41. The molecule has 0 aromatic heterocycles. The van der Waals surface area contributed by atoms with E-state index in [1.807, 2.05) is 6.92 Å². The molecule has 1 amide bonds. The van der Waals surface area contributed by atoms with E-state index in [-0.39, 0.29) is 0 Å². The van der Waals surface area contributed by atoms with Crippen molar-refractivity contribution >= 4 is 11.9 Å². The van der Waals surface area contributed by atoms with Gasteiger partial charge in [-0.3, -0.25) is 4.79 Å². The van der Waals surface area contributed by atoms with E-state index in [1.54, 1.807) is 6.92 Å². The van der Waals surface area contributed by atoms with Gasteiger partial charge in [-0.05, 0) is 13.3 Å². The van der Waals surface area contributed by atoms with Gasteiger partial charge in [0.25, 0.3) is 0 Å². The number of amides is 1. The Morgan fingerprint density at radius 1 is 1.54 bits per heavy atom. The summed E-state index contributed by atoms with van der Waals surface area (Å²) in [6.45, 7) is 6.83. The Morgan fingerprint density at radius 3 is 2.38 bits per heavy atom. The zero-order chi connectivity index (χ0) is 10.4. The first-order chi connectivity index (χ1) is 5.99. The van der Waals surface area contributed by atoms with E-state index in [0.717, 1.165) is 0 Å². The zero-order valence-corrected chi connectivity index (χ0v) is 7.96. The Balaban J connectivity index is 4.17. The van der Waals surface area contributed by atoms with E-state index < -0.39 is 17.9 Å². The number of hydrogen-bond acceptors (Lipinski definition) is 2. The fourth-order valence-corrected chi connectivity index (χ4v) is 0.828. The van der Waals surface area contributed by atoms with Crippen molar-refractivity contribution in [3.63, 3.8) is 0 Å². The second-order valence-corrected chi connectivity index (χ2v) is 2.93. The summed E-state index contributed by atoms with van der Waals surface area (Å²) in [6.07, 6.45) is 1.15. The molecule has 0 spiro atoms. The minimum Gasteiger partial charge on any atom is -0.480 e. The maximum atomic E-state index is 11.1. The van der Waals surface area contributed by atoms with Gasteiger partial charge in [0.05, 0.1) is 0 Å². The third-order valence-corrected chi connectivity index (χ3v) is 1.57. The van der Waals surface area contributed by atoms with Crippen LogP contribution in [0.1, 0.15) is 26.7 Å². The average molecular weight is 185 g/mol. The highest BCUT2D eigenvalue weighted by Gasteiger charge is 2.18. The first-order valence-electron chi connectivity index (χ1n) is 4.18. The molecule has 1 atom stereocenters.